The first-order valence-corrected chi connectivity index (χ1v) is 11.4. The number of pyridine rings is 2. The fourth-order valence-corrected chi connectivity index (χ4v) is 4.25. The highest BCUT2D eigenvalue weighted by Crippen LogP contribution is 2.36. The highest BCUT2D eigenvalue weighted by atomic mass is 35.5. The van der Waals surface area contributed by atoms with Crippen molar-refractivity contribution < 1.29 is 18.9 Å². The first-order chi connectivity index (χ1) is 18.7. The van der Waals surface area contributed by atoms with Gasteiger partial charge in [-0.15, -0.1) is 5.10 Å². The summed E-state index contributed by atoms with van der Waals surface area (Å²) in [6.45, 7) is -0.954. The molecule has 1 N–H and O–H groups in total. The molecule has 0 fully saturated rings. The van der Waals surface area contributed by atoms with Crippen LogP contribution in [0.15, 0.2) is 61.1 Å². The molecule has 38 heavy (non-hydrogen) atoms. The minimum atomic E-state index is -1.64. The Hall–Kier alpha value is -4.56. The van der Waals surface area contributed by atoms with Crippen LogP contribution in [-0.2, 0) is 13.2 Å². The summed E-state index contributed by atoms with van der Waals surface area (Å²) in [5.41, 5.74) is 1.63. The van der Waals surface area contributed by atoms with E-state index in [1.54, 1.807) is 12.1 Å². The summed E-state index contributed by atoms with van der Waals surface area (Å²) < 4.78 is 64.4. The number of alkyl halides is 1. The zero-order chi connectivity index (χ0) is 27.7. The second-order valence-corrected chi connectivity index (χ2v) is 8.59. The van der Waals surface area contributed by atoms with Crippen LogP contribution in [-0.4, -0.2) is 25.0 Å². The minimum absolute atomic E-state index is 0.0672. The molecule has 3 heterocycles. The number of nitriles is 1. The number of rotatable bonds is 7. The highest BCUT2D eigenvalue weighted by Gasteiger charge is 2.21. The van der Waals surface area contributed by atoms with Gasteiger partial charge in [-0.2, -0.15) is 9.65 Å². The Morgan fingerprint density at radius 2 is 1.89 bits per heavy atom. The molecule has 0 saturated heterocycles. The molecule has 0 amide bonds. The fraction of sp³-hybridized carbons (Fsp3) is 0.115. The molecule has 0 radical (unpaired) electrons. The molecule has 7 nitrogen and oxygen atoms in total. The molecule has 12 heteroatoms. The van der Waals surface area contributed by atoms with Crippen molar-refractivity contribution in [1.82, 2.24) is 25.0 Å². The number of hydrogen-bond acceptors (Lipinski definition) is 6. The molecular weight excluding hydrogens is 522 g/mol. The normalized spacial score (nSPS) is 13.1. The fourth-order valence-electron chi connectivity index (χ4n) is 3.96. The van der Waals surface area contributed by atoms with Gasteiger partial charge in [0.05, 0.1) is 45.6 Å². The summed E-state index contributed by atoms with van der Waals surface area (Å²) in [4.78, 5) is 7.62. The van der Waals surface area contributed by atoms with Gasteiger partial charge in [-0.1, -0.05) is 28.9 Å². The Morgan fingerprint density at radius 3 is 2.58 bits per heavy atom. The van der Waals surface area contributed by atoms with Crippen molar-refractivity contribution in [2.45, 2.75) is 19.1 Å². The Kier molecular flexibility index (Phi) is 6.54. The first-order valence-electron chi connectivity index (χ1n) is 11.5. The first kappa shape index (κ1) is 23.8. The van der Waals surface area contributed by atoms with Crippen LogP contribution in [0.1, 0.15) is 29.6 Å². The summed E-state index contributed by atoms with van der Waals surface area (Å²) in [7, 11) is 0. The number of halogens is 5. The van der Waals surface area contributed by atoms with E-state index in [4.69, 9.17) is 11.6 Å². The SMILES string of the molecule is [2H][C@@](Cc1cc(Cl)c2ncc(C#N)c(Nc3cnc(F)c(F)c3)c2c1)(c1ccc(F)cc1)c1cn(CF)nn1. The van der Waals surface area contributed by atoms with Crippen LogP contribution in [0.4, 0.5) is 28.9 Å². The Labute approximate surface area is 219 Å². The van der Waals surface area contributed by atoms with Crippen molar-refractivity contribution in [3.05, 3.63) is 106 Å². The van der Waals surface area contributed by atoms with Gasteiger partial charge in [0.2, 0.25) is 5.95 Å². The van der Waals surface area contributed by atoms with Crippen LogP contribution in [0.5, 0.6) is 0 Å². The minimum Gasteiger partial charge on any atom is -0.352 e. The lowest BCUT2D eigenvalue weighted by atomic mass is 9.89. The van der Waals surface area contributed by atoms with E-state index in [1.165, 1.54) is 36.7 Å². The molecule has 5 aromatic rings. The maximum atomic E-state index is 13.8. The number of nitrogens with zero attached hydrogens (tertiary/aromatic N) is 6. The van der Waals surface area contributed by atoms with Gasteiger partial charge < -0.3 is 5.32 Å². The molecule has 1 atom stereocenters. The van der Waals surface area contributed by atoms with Gasteiger partial charge >= 0.3 is 0 Å². The van der Waals surface area contributed by atoms with Crippen LogP contribution in [0.2, 0.25) is 5.02 Å². The smallest absolute Gasteiger partial charge is 0.249 e. The van der Waals surface area contributed by atoms with E-state index in [2.05, 4.69) is 25.6 Å². The van der Waals surface area contributed by atoms with Gasteiger partial charge in [0, 0.05) is 24.9 Å². The van der Waals surface area contributed by atoms with Crippen LogP contribution in [0.3, 0.4) is 0 Å². The zero-order valence-electron chi connectivity index (χ0n) is 20.3. The summed E-state index contributed by atoms with van der Waals surface area (Å²) >= 11 is 6.56. The van der Waals surface area contributed by atoms with E-state index in [9.17, 15) is 24.2 Å². The maximum absolute atomic E-state index is 13.8. The number of hydrogen-bond donors (Lipinski definition) is 1. The van der Waals surface area contributed by atoms with E-state index in [0.717, 1.165) is 16.9 Å². The van der Waals surface area contributed by atoms with Gasteiger partial charge in [0.1, 0.15) is 11.9 Å². The second-order valence-electron chi connectivity index (χ2n) is 8.18. The molecular formula is C26H16ClF4N7. The van der Waals surface area contributed by atoms with Gasteiger partial charge in [0.25, 0.3) is 0 Å². The average molecular weight is 539 g/mol. The molecule has 0 spiro atoms. The molecule has 0 aliphatic carbocycles. The van der Waals surface area contributed by atoms with Crippen LogP contribution >= 0.6 is 11.6 Å². The van der Waals surface area contributed by atoms with Crippen molar-refractivity contribution in [2.24, 2.45) is 0 Å². The van der Waals surface area contributed by atoms with E-state index < -0.39 is 30.3 Å². The molecule has 0 aliphatic heterocycles. The van der Waals surface area contributed by atoms with Gasteiger partial charge in [-0.3, -0.25) is 4.98 Å². The lowest BCUT2D eigenvalue weighted by Crippen LogP contribution is -2.07. The lowest BCUT2D eigenvalue weighted by molar-refractivity contribution is 0.343. The van der Waals surface area contributed by atoms with Crippen molar-refractivity contribution in [1.29, 1.82) is 5.26 Å². The lowest BCUT2D eigenvalue weighted by Gasteiger charge is -2.17. The summed E-state index contributed by atoms with van der Waals surface area (Å²) in [6, 6.07) is 11.4. The third-order valence-corrected chi connectivity index (χ3v) is 6.00. The largest absolute Gasteiger partial charge is 0.352 e. The molecule has 3 aromatic heterocycles. The predicted molar refractivity (Wildman–Crippen MR) is 132 cm³/mol. The van der Waals surface area contributed by atoms with E-state index in [-0.39, 0.29) is 34.1 Å². The van der Waals surface area contributed by atoms with Crippen LogP contribution in [0, 0.1) is 28.9 Å². The molecule has 0 saturated carbocycles. The van der Waals surface area contributed by atoms with Crippen molar-refractivity contribution in [2.75, 3.05) is 5.32 Å². The zero-order valence-corrected chi connectivity index (χ0v) is 20.0. The van der Waals surface area contributed by atoms with Crippen molar-refractivity contribution >= 4 is 33.9 Å². The standard InChI is InChI=1S/C26H16ClF4N7/c27-21-7-14(5-19(15-1-3-17(29)4-2-15)23-12-38(13-28)37-36-23)6-20-24(16(9-32)10-33-25(20)21)35-18-8-22(30)26(31)34-11-18/h1-4,6-8,10-12,19H,5,13H2,(H,33,35)/t19-/m1/s1/i19D. The van der Waals surface area contributed by atoms with Gasteiger partial charge in [0.15, 0.2) is 12.6 Å². The predicted octanol–water partition coefficient (Wildman–Crippen LogP) is 6.21. The molecule has 5 rings (SSSR count). The number of nitrogens with one attached hydrogen (secondary N) is 1. The Balaban J connectivity index is 1.65. The molecule has 0 bridgehead atoms. The summed E-state index contributed by atoms with van der Waals surface area (Å²) in [5.74, 6) is -4.60. The second kappa shape index (κ2) is 10.4. The van der Waals surface area contributed by atoms with Crippen molar-refractivity contribution in [3.63, 3.8) is 0 Å². The third-order valence-electron chi connectivity index (χ3n) is 5.71. The number of aromatic nitrogens is 5. The number of fused-ring (bicyclic) bond motifs is 1. The molecule has 190 valence electrons. The number of anilines is 2. The Morgan fingerprint density at radius 1 is 1.11 bits per heavy atom. The van der Waals surface area contributed by atoms with Gasteiger partial charge in [-0.25, -0.2) is 22.8 Å². The van der Waals surface area contributed by atoms with Crippen LogP contribution < -0.4 is 5.32 Å². The van der Waals surface area contributed by atoms with Crippen LogP contribution in [0.25, 0.3) is 10.9 Å². The molecule has 0 aliphatic rings. The van der Waals surface area contributed by atoms with Crippen molar-refractivity contribution in [3.8, 4) is 6.07 Å². The van der Waals surface area contributed by atoms with Gasteiger partial charge in [-0.05, 0) is 41.8 Å². The Bertz CT molecular complexity index is 1740. The van der Waals surface area contributed by atoms with E-state index in [1.807, 2.05) is 6.07 Å². The van der Waals surface area contributed by atoms with E-state index in [0.29, 0.717) is 22.0 Å². The third kappa shape index (κ3) is 4.99. The molecule has 0 unspecified atom stereocenters. The average Bonchev–Trinajstić information content (AvgIpc) is 3.42. The summed E-state index contributed by atoms with van der Waals surface area (Å²) in [5, 5.41) is 20.8. The summed E-state index contributed by atoms with van der Waals surface area (Å²) in [6.07, 6.45) is 3.57. The maximum Gasteiger partial charge on any atom is 0.249 e. The quantitative estimate of drug-likeness (QED) is 0.196. The highest BCUT2D eigenvalue weighted by molar-refractivity contribution is 6.35. The monoisotopic (exact) mass is 538 g/mol. The topological polar surface area (TPSA) is 92.3 Å². The number of benzene rings is 2. The van der Waals surface area contributed by atoms with E-state index >= 15 is 0 Å². The molecule has 2 aromatic carbocycles.